The number of benzene rings is 2. The number of hydrogen-bond acceptors (Lipinski definition) is 6. The lowest BCUT2D eigenvalue weighted by molar-refractivity contribution is 0.0698. The molecule has 2 aromatic rings. The molecule has 2 N–H and O–H groups in total. The standard InChI is InChI=1S/C19H20N2O7S/c1-27-16-7-6-13(12-17(16)29(25,26)21-8-10-28-11-9-21)18(22)20-15-5-3-2-4-14(15)19(23)24/h2-7,12H,8-11H2,1H3,(H,20,22)(H,23,24). The Morgan fingerprint density at radius 2 is 1.83 bits per heavy atom. The van der Waals surface area contributed by atoms with Crippen LogP contribution in [0.1, 0.15) is 20.7 Å². The van der Waals surface area contributed by atoms with Crippen molar-refractivity contribution in [1.29, 1.82) is 0 Å². The number of nitrogens with zero attached hydrogens (tertiary/aromatic N) is 1. The van der Waals surface area contributed by atoms with E-state index in [2.05, 4.69) is 5.32 Å². The average Bonchev–Trinajstić information content (AvgIpc) is 2.74. The zero-order valence-corrected chi connectivity index (χ0v) is 16.4. The molecule has 29 heavy (non-hydrogen) atoms. The quantitative estimate of drug-likeness (QED) is 0.729. The SMILES string of the molecule is COc1ccc(C(=O)Nc2ccccc2C(=O)O)cc1S(=O)(=O)N1CCOCC1. The summed E-state index contributed by atoms with van der Waals surface area (Å²) < 4.78 is 37.7. The van der Waals surface area contributed by atoms with Gasteiger partial charge in [0.15, 0.2) is 0 Å². The summed E-state index contributed by atoms with van der Waals surface area (Å²) in [6, 6.07) is 9.98. The third kappa shape index (κ3) is 4.39. The molecule has 0 radical (unpaired) electrons. The molecule has 1 aliphatic heterocycles. The zero-order chi connectivity index (χ0) is 21.0. The third-order valence-electron chi connectivity index (χ3n) is 4.42. The fraction of sp³-hybridized carbons (Fsp3) is 0.263. The first kappa shape index (κ1) is 20.8. The van der Waals surface area contributed by atoms with E-state index >= 15 is 0 Å². The summed E-state index contributed by atoms with van der Waals surface area (Å²) in [5.74, 6) is -1.72. The molecule has 154 valence electrons. The van der Waals surface area contributed by atoms with E-state index in [9.17, 15) is 23.1 Å². The number of ether oxygens (including phenoxy) is 2. The van der Waals surface area contributed by atoms with Gasteiger partial charge in [0.1, 0.15) is 10.6 Å². The number of carbonyl (C=O) groups excluding carboxylic acids is 1. The van der Waals surface area contributed by atoms with Gasteiger partial charge in [-0.2, -0.15) is 4.31 Å². The first-order valence-corrected chi connectivity index (χ1v) is 10.2. The van der Waals surface area contributed by atoms with Gasteiger partial charge in [-0.1, -0.05) is 12.1 Å². The van der Waals surface area contributed by atoms with Gasteiger partial charge in [-0.15, -0.1) is 0 Å². The Bertz CT molecular complexity index is 1030. The first-order valence-electron chi connectivity index (χ1n) is 8.74. The highest BCUT2D eigenvalue weighted by Crippen LogP contribution is 2.29. The van der Waals surface area contributed by atoms with Crippen molar-refractivity contribution in [2.24, 2.45) is 0 Å². The number of sulfonamides is 1. The summed E-state index contributed by atoms with van der Waals surface area (Å²) in [6.07, 6.45) is 0. The Kier molecular flexibility index (Phi) is 6.16. The van der Waals surface area contributed by atoms with Crippen LogP contribution in [-0.2, 0) is 14.8 Å². The van der Waals surface area contributed by atoms with E-state index in [0.29, 0.717) is 0 Å². The van der Waals surface area contributed by atoms with E-state index in [4.69, 9.17) is 9.47 Å². The minimum atomic E-state index is -3.90. The number of hydrogen-bond donors (Lipinski definition) is 2. The lowest BCUT2D eigenvalue weighted by Gasteiger charge is -2.26. The molecule has 9 nitrogen and oxygen atoms in total. The molecule has 0 aromatic heterocycles. The van der Waals surface area contributed by atoms with Crippen LogP contribution in [0.4, 0.5) is 5.69 Å². The van der Waals surface area contributed by atoms with Crippen LogP contribution in [0.15, 0.2) is 47.4 Å². The molecule has 3 rings (SSSR count). The number of amides is 1. The third-order valence-corrected chi connectivity index (χ3v) is 6.34. The van der Waals surface area contributed by atoms with Crippen LogP contribution in [0.5, 0.6) is 5.75 Å². The lowest BCUT2D eigenvalue weighted by Crippen LogP contribution is -2.40. The largest absolute Gasteiger partial charge is 0.495 e. The van der Waals surface area contributed by atoms with Crippen molar-refractivity contribution in [2.75, 3.05) is 38.7 Å². The fourth-order valence-electron chi connectivity index (χ4n) is 2.92. The molecule has 0 atom stereocenters. The molecule has 2 aromatic carbocycles. The summed E-state index contributed by atoms with van der Waals surface area (Å²) in [5.41, 5.74) is 0.0896. The van der Waals surface area contributed by atoms with Crippen LogP contribution in [0, 0.1) is 0 Å². The van der Waals surface area contributed by atoms with Crippen LogP contribution < -0.4 is 10.1 Å². The van der Waals surface area contributed by atoms with Crippen molar-refractivity contribution in [3.63, 3.8) is 0 Å². The zero-order valence-electron chi connectivity index (χ0n) is 15.6. The lowest BCUT2D eigenvalue weighted by atomic mass is 10.1. The molecule has 1 fully saturated rings. The van der Waals surface area contributed by atoms with Crippen LogP contribution in [0.25, 0.3) is 0 Å². The van der Waals surface area contributed by atoms with Gasteiger partial charge >= 0.3 is 5.97 Å². The van der Waals surface area contributed by atoms with E-state index in [1.54, 1.807) is 12.1 Å². The first-order chi connectivity index (χ1) is 13.8. The van der Waals surface area contributed by atoms with Crippen molar-refractivity contribution in [3.05, 3.63) is 53.6 Å². The maximum Gasteiger partial charge on any atom is 0.337 e. The smallest absolute Gasteiger partial charge is 0.337 e. The minimum Gasteiger partial charge on any atom is -0.495 e. The Labute approximate surface area is 167 Å². The molecular formula is C19H20N2O7S. The van der Waals surface area contributed by atoms with Gasteiger partial charge in [0.05, 0.1) is 31.6 Å². The molecule has 0 bridgehead atoms. The van der Waals surface area contributed by atoms with Crippen molar-refractivity contribution in [1.82, 2.24) is 4.31 Å². The van der Waals surface area contributed by atoms with Crippen molar-refractivity contribution >= 4 is 27.6 Å². The molecule has 10 heteroatoms. The van der Waals surface area contributed by atoms with Gasteiger partial charge in [0, 0.05) is 18.7 Å². The van der Waals surface area contributed by atoms with Gasteiger partial charge in [-0.05, 0) is 30.3 Å². The summed E-state index contributed by atoms with van der Waals surface area (Å²) in [7, 11) is -2.56. The summed E-state index contributed by atoms with van der Waals surface area (Å²) in [4.78, 5) is 23.9. The van der Waals surface area contributed by atoms with E-state index < -0.39 is 21.9 Å². The Hall–Kier alpha value is -2.95. The number of rotatable bonds is 6. The summed E-state index contributed by atoms with van der Waals surface area (Å²) in [6.45, 7) is 0.975. The highest BCUT2D eigenvalue weighted by atomic mass is 32.2. The van der Waals surface area contributed by atoms with Crippen molar-refractivity contribution in [2.45, 2.75) is 4.90 Å². The van der Waals surface area contributed by atoms with Gasteiger partial charge in [0.2, 0.25) is 10.0 Å². The van der Waals surface area contributed by atoms with Crippen LogP contribution in [0.3, 0.4) is 0 Å². The number of methoxy groups -OCH3 is 1. The molecular weight excluding hydrogens is 400 g/mol. The second-order valence-corrected chi connectivity index (χ2v) is 8.09. The van der Waals surface area contributed by atoms with E-state index in [1.807, 2.05) is 0 Å². The molecule has 0 saturated carbocycles. The monoisotopic (exact) mass is 420 g/mol. The summed E-state index contributed by atoms with van der Waals surface area (Å²) >= 11 is 0. The van der Waals surface area contributed by atoms with Crippen LogP contribution >= 0.6 is 0 Å². The number of para-hydroxylation sites is 1. The van der Waals surface area contributed by atoms with E-state index in [-0.39, 0.29) is 53.8 Å². The number of carbonyl (C=O) groups is 2. The fourth-order valence-corrected chi connectivity index (χ4v) is 4.51. The van der Waals surface area contributed by atoms with Gasteiger partial charge in [0.25, 0.3) is 5.91 Å². The Balaban J connectivity index is 1.94. The number of aromatic carboxylic acids is 1. The molecule has 0 unspecified atom stereocenters. The van der Waals surface area contributed by atoms with Crippen molar-refractivity contribution < 1.29 is 32.6 Å². The molecule has 1 heterocycles. The summed E-state index contributed by atoms with van der Waals surface area (Å²) in [5, 5.41) is 11.8. The number of anilines is 1. The van der Waals surface area contributed by atoms with Gasteiger partial charge < -0.3 is 19.9 Å². The van der Waals surface area contributed by atoms with Gasteiger partial charge in [-0.25, -0.2) is 13.2 Å². The molecule has 1 amide bonds. The average molecular weight is 420 g/mol. The Morgan fingerprint density at radius 1 is 1.14 bits per heavy atom. The highest BCUT2D eigenvalue weighted by Gasteiger charge is 2.30. The van der Waals surface area contributed by atoms with Crippen molar-refractivity contribution in [3.8, 4) is 5.75 Å². The molecule has 1 saturated heterocycles. The minimum absolute atomic E-state index is 0.0535. The number of carboxylic acid groups (broad SMARTS) is 1. The van der Waals surface area contributed by atoms with E-state index in [0.717, 1.165) is 0 Å². The number of nitrogens with one attached hydrogen (secondary N) is 1. The highest BCUT2D eigenvalue weighted by molar-refractivity contribution is 7.89. The normalized spacial score (nSPS) is 14.9. The maximum atomic E-state index is 13.0. The number of morpholine rings is 1. The predicted molar refractivity (Wildman–Crippen MR) is 104 cm³/mol. The van der Waals surface area contributed by atoms with Gasteiger partial charge in [-0.3, -0.25) is 4.79 Å². The van der Waals surface area contributed by atoms with Crippen LogP contribution in [0.2, 0.25) is 0 Å². The topological polar surface area (TPSA) is 122 Å². The predicted octanol–water partition coefficient (Wildman–Crippen LogP) is 1.67. The molecule has 0 spiro atoms. The second kappa shape index (κ2) is 8.60. The Morgan fingerprint density at radius 3 is 2.48 bits per heavy atom. The molecule has 0 aliphatic carbocycles. The van der Waals surface area contributed by atoms with Crippen LogP contribution in [-0.4, -0.2) is 63.1 Å². The second-order valence-electron chi connectivity index (χ2n) is 6.19. The molecule has 1 aliphatic rings. The maximum absolute atomic E-state index is 13.0. The number of carboxylic acids is 1. The van der Waals surface area contributed by atoms with E-state index in [1.165, 1.54) is 41.7 Å².